The number of carbonyl (C=O) groups excluding carboxylic acids is 1. The number of ether oxygens (including phenoxy) is 2. The highest BCUT2D eigenvalue weighted by molar-refractivity contribution is 5.89. The molecule has 2 aromatic carbocycles. The van der Waals surface area contributed by atoms with E-state index in [1.165, 1.54) is 4.90 Å². The number of carbonyl (C=O) groups is 1. The lowest BCUT2D eigenvalue weighted by atomic mass is 10.2. The summed E-state index contributed by atoms with van der Waals surface area (Å²) in [7, 11) is 1.67. The molecule has 24 heavy (non-hydrogen) atoms. The van der Waals surface area contributed by atoms with Gasteiger partial charge < -0.3 is 24.8 Å². The Balaban J connectivity index is 1.66. The molecule has 1 aliphatic heterocycles. The van der Waals surface area contributed by atoms with Gasteiger partial charge in [0.2, 0.25) is 0 Å². The predicted molar refractivity (Wildman–Crippen MR) is 90.6 cm³/mol. The van der Waals surface area contributed by atoms with Crippen molar-refractivity contribution in [3.63, 3.8) is 0 Å². The van der Waals surface area contributed by atoms with E-state index in [9.17, 15) is 9.90 Å². The van der Waals surface area contributed by atoms with Gasteiger partial charge in [-0.2, -0.15) is 0 Å². The highest BCUT2D eigenvalue weighted by Crippen LogP contribution is 2.32. The number of benzene rings is 2. The van der Waals surface area contributed by atoms with Crippen molar-refractivity contribution in [3.05, 3.63) is 48.0 Å². The second-order valence-electron chi connectivity index (χ2n) is 5.63. The lowest BCUT2D eigenvalue weighted by Gasteiger charge is -2.19. The van der Waals surface area contributed by atoms with Gasteiger partial charge in [-0.15, -0.1) is 0 Å². The smallest absolute Gasteiger partial charge is 0.321 e. The summed E-state index contributed by atoms with van der Waals surface area (Å²) in [6.07, 6.45) is 0.833. The molecule has 0 spiro atoms. The Hall–Kier alpha value is -2.89. The van der Waals surface area contributed by atoms with E-state index in [-0.39, 0.29) is 11.8 Å². The van der Waals surface area contributed by atoms with Crippen LogP contribution in [0.5, 0.6) is 17.2 Å². The van der Waals surface area contributed by atoms with E-state index >= 15 is 0 Å². The highest BCUT2D eigenvalue weighted by Gasteiger charge is 2.14. The molecule has 6 nitrogen and oxygen atoms in total. The summed E-state index contributed by atoms with van der Waals surface area (Å²) >= 11 is 0. The van der Waals surface area contributed by atoms with Gasteiger partial charge in [0.05, 0.1) is 19.8 Å². The molecule has 126 valence electrons. The Morgan fingerprint density at radius 3 is 2.71 bits per heavy atom. The summed E-state index contributed by atoms with van der Waals surface area (Å²) in [4.78, 5) is 13.8. The zero-order valence-electron chi connectivity index (χ0n) is 13.5. The quantitative estimate of drug-likeness (QED) is 0.907. The minimum Gasteiger partial charge on any atom is -0.508 e. The first-order chi connectivity index (χ1) is 11.6. The summed E-state index contributed by atoms with van der Waals surface area (Å²) in [6, 6.07) is 12.0. The number of nitrogens with zero attached hydrogens (tertiary/aromatic N) is 1. The Morgan fingerprint density at radius 2 is 1.92 bits per heavy atom. The normalized spacial score (nSPS) is 13.0. The van der Waals surface area contributed by atoms with Gasteiger partial charge in [0.25, 0.3) is 0 Å². The number of para-hydroxylation sites is 1. The molecule has 0 saturated heterocycles. The molecule has 0 aliphatic carbocycles. The van der Waals surface area contributed by atoms with E-state index in [1.807, 2.05) is 6.07 Å². The number of hydrogen-bond acceptors (Lipinski definition) is 4. The van der Waals surface area contributed by atoms with Gasteiger partial charge in [-0.25, -0.2) is 4.79 Å². The molecule has 2 aromatic rings. The molecule has 1 aliphatic rings. The molecule has 3 rings (SSSR count). The van der Waals surface area contributed by atoms with Crippen molar-refractivity contribution in [2.45, 2.75) is 13.0 Å². The van der Waals surface area contributed by atoms with Crippen molar-refractivity contribution in [1.82, 2.24) is 4.90 Å². The van der Waals surface area contributed by atoms with Crippen LogP contribution in [0, 0.1) is 0 Å². The molecule has 0 saturated carbocycles. The number of hydrogen-bond donors (Lipinski definition) is 2. The number of rotatable bonds is 3. The van der Waals surface area contributed by atoms with E-state index in [0.717, 1.165) is 6.42 Å². The topological polar surface area (TPSA) is 71.0 Å². The van der Waals surface area contributed by atoms with Crippen LogP contribution in [0.3, 0.4) is 0 Å². The van der Waals surface area contributed by atoms with Gasteiger partial charge in [-0.05, 0) is 18.2 Å². The molecule has 0 atom stereocenters. The number of phenols is 1. The molecule has 1 heterocycles. The van der Waals surface area contributed by atoms with Crippen molar-refractivity contribution < 1.29 is 19.4 Å². The fraction of sp³-hybridized carbons (Fsp3) is 0.278. The van der Waals surface area contributed by atoms with E-state index < -0.39 is 0 Å². The average molecular weight is 328 g/mol. The van der Waals surface area contributed by atoms with Gasteiger partial charge >= 0.3 is 6.03 Å². The van der Waals surface area contributed by atoms with Gasteiger partial charge in [0.1, 0.15) is 5.75 Å². The minimum absolute atomic E-state index is 0.174. The van der Waals surface area contributed by atoms with Crippen LogP contribution in [-0.2, 0) is 6.54 Å². The van der Waals surface area contributed by atoms with Crippen molar-refractivity contribution in [1.29, 1.82) is 0 Å². The fourth-order valence-electron chi connectivity index (χ4n) is 2.43. The van der Waals surface area contributed by atoms with Crippen LogP contribution in [0.1, 0.15) is 12.0 Å². The van der Waals surface area contributed by atoms with Crippen LogP contribution in [0.25, 0.3) is 0 Å². The third-order valence-corrected chi connectivity index (χ3v) is 3.74. The monoisotopic (exact) mass is 328 g/mol. The van der Waals surface area contributed by atoms with Gasteiger partial charge in [-0.3, -0.25) is 0 Å². The Labute approximate surface area is 140 Å². The second kappa shape index (κ2) is 7.12. The number of anilines is 1. The summed E-state index contributed by atoms with van der Waals surface area (Å²) in [6.45, 7) is 1.53. The summed E-state index contributed by atoms with van der Waals surface area (Å²) < 4.78 is 11.2. The maximum absolute atomic E-state index is 12.3. The lowest BCUT2D eigenvalue weighted by molar-refractivity contribution is 0.220. The number of fused-ring (bicyclic) bond motifs is 1. The van der Waals surface area contributed by atoms with Crippen LogP contribution in [0.15, 0.2) is 42.5 Å². The standard InChI is InChI=1S/C18H20N2O4/c1-20(12-13-5-2-3-6-15(13)21)18(22)19-14-7-8-16-17(11-14)24-10-4-9-23-16/h2-3,5-8,11,21H,4,9-10,12H2,1H3,(H,19,22). The largest absolute Gasteiger partial charge is 0.508 e. The first kappa shape index (κ1) is 16.0. The van der Waals surface area contributed by atoms with Crippen LogP contribution < -0.4 is 14.8 Å². The minimum atomic E-state index is -0.271. The van der Waals surface area contributed by atoms with E-state index in [0.29, 0.717) is 42.5 Å². The van der Waals surface area contributed by atoms with Crippen LogP contribution >= 0.6 is 0 Å². The molecular weight excluding hydrogens is 308 g/mol. The molecule has 2 amide bonds. The number of amides is 2. The molecule has 2 N–H and O–H groups in total. The zero-order valence-corrected chi connectivity index (χ0v) is 13.5. The van der Waals surface area contributed by atoms with Crippen LogP contribution in [0.4, 0.5) is 10.5 Å². The van der Waals surface area contributed by atoms with Crippen LogP contribution in [0.2, 0.25) is 0 Å². The molecule has 0 bridgehead atoms. The average Bonchev–Trinajstić information content (AvgIpc) is 2.81. The fourth-order valence-corrected chi connectivity index (χ4v) is 2.43. The molecule has 0 unspecified atom stereocenters. The van der Waals surface area contributed by atoms with Gasteiger partial charge in [0, 0.05) is 30.8 Å². The summed E-state index contributed by atoms with van der Waals surface area (Å²) in [5, 5.41) is 12.6. The van der Waals surface area contributed by atoms with Crippen molar-refractivity contribution in [3.8, 4) is 17.2 Å². The highest BCUT2D eigenvalue weighted by atomic mass is 16.5. The SMILES string of the molecule is CN(Cc1ccccc1O)C(=O)Nc1ccc2c(c1)OCCCO2. The number of urea groups is 1. The molecule has 0 fully saturated rings. The van der Waals surface area contributed by atoms with Gasteiger partial charge in [0.15, 0.2) is 11.5 Å². The van der Waals surface area contributed by atoms with Crippen LogP contribution in [-0.4, -0.2) is 36.3 Å². The Morgan fingerprint density at radius 1 is 1.17 bits per heavy atom. The van der Waals surface area contributed by atoms with E-state index in [2.05, 4.69) is 5.32 Å². The first-order valence-electron chi connectivity index (χ1n) is 7.82. The number of phenolic OH excluding ortho intramolecular Hbond substituents is 1. The van der Waals surface area contributed by atoms with Gasteiger partial charge in [-0.1, -0.05) is 18.2 Å². The second-order valence-corrected chi connectivity index (χ2v) is 5.63. The Bertz CT molecular complexity index is 733. The third kappa shape index (κ3) is 3.71. The predicted octanol–water partition coefficient (Wildman–Crippen LogP) is 3.22. The molecule has 0 radical (unpaired) electrons. The Kier molecular flexibility index (Phi) is 4.74. The zero-order chi connectivity index (χ0) is 16.9. The number of aromatic hydroxyl groups is 1. The van der Waals surface area contributed by atoms with E-state index in [4.69, 9.17) is 9.47 Å². The summed E-state index contributed by atoms with van der Waals surface area (Å²) in [5.74, 6) is 1.49. The molecule has 0 aromatic heterocycles. The lowest BCUT2D eigenvalue weighted by Crippen LogP contribution is -2.30. The maximum Gasteiger partial charge on any atom is 0.321 e. The number of nitrogens with one attached hydrogen (secondary N) is 1. The van der Waals surface area contributed by atoms with E-state index in [1.54, 1.807) is 43.4 Å². The maximum atomic E-state index is 12.3. The molecular formula is C18H20N2O4. The molecule has 6 heteroatoms. The van der Waals surface area contributed by atoms with Crippen molar-refractivity contribution in [2.75, 3.05) is 25.6 Å². The summed E-state index contributed by atoms with van der Waals surface area (Å²) in [5.41, 5.74) is 1.32. The van der Waals surface area contributed by atoms with Crippen molar-refractivity contribution >= 4 is 11.7 Å². The first-order valence-corrected chi connectivity index (χ1v) is 7.82. The van der Waals surface area contributed by atoms with Crippen molar-refractivity contribution in [2.24, 2.45) is 0 Å². The third-order valence-electron chi connectivity index (χ3n) is 3.74.